The number of H-pyrrole nitrogens is 1. The van der Waals surface area contributed by atoms with E-state index in [2.05, 4.69) is 51.5 Å². The molecule has 10 aliphatic rings. The number of aromatic hydroxyl groups is 3. The maximum absolute atomic E-state index is 16.6. The van der Waals surface area contributed by atoms with E-state index in [1.807, 2.05) is 6.08 Å². The number of phenolic OH excluding ortho intramolecular Hbond substituents is 3. The molecule has 4 aromatic rings. The number of esters is 1. The molecule has 2 aromatic carbocycles. The molecular formula is C63H63N3O22. The minimum atomic E-state index is -4.08. The van der Waals surface area contributed by atoms with Crippen molar-refractivity contribution in [3.8, 4) is 58.0 Å². The van der Waals surface area contributed by atoms with Crippen molar-refractivity contribution < 1.29 is 104 Å². The van der Waals surface area contributed by atoms with Gasteiger partial charge in [0, 0.05) is 102 Å². The van der Waals surface area contributed by atoms with Crippen molar-refractivity contribution in [3.05, 3.63) is 116 Å². The Hall–Kier alpha value is -7.86. The molecule has 9 heterocycles. The van der Waals surface area contributed by atoms with Gasteiger partial charge in [-0.05, 0) is 79.2 Å². The Bertz CT molecular complexity index is 3950. The van der Waals surface area contributed by atoms with E-state index < -0.39 is 166 Å². The topological polar surface area (TPSA) is 421 Å². The number of carbonyl (C=O) groups is 3. The molecule has 1 unspecified atom stereocenters. The third-order valence-corrected chi connectivity index (χ3v) is 19.5. The molecule has 3 aliphatic carbocycles. The molecule has 4 fully saturated rings. The molecule has 16 N–H and O–H groups in total. The maximum atomic E-state index is 16.6. The normalized spacial score (nSPS) is 34.8. The highest BCUT2D eigenvalue weighted by atomic mass is 16.8. The number of hydrogen-bond donors (Lipinski definition) is 16. The standard InChI is InChI=1S/C63H63N3O22/c67-17-9-30(29-69)27-60-50(74)53(77)63(82,83)58(87-60,55(78)79)13-4-14-59(56(80)86-60)62(81)52(76)51(75)61(88-59)36(24-40-31(8-16-64-40)7-15-57(62)11-1-2-12-57)23-38(35-21-39-32-5-3-6-37(20-32)66-54(39)65-28-35)46-45(85-61)26-44-47(49(46)73)41(70)25-43(84-44)34-19-33(10-18-68)48(72)42(71)22-34/h3,6,8,16-17,19,21-23,25-26,28,30,32,37-38,50-54,64-66,68-69,71-77,81-83H,1-2,5,9-12,14,18,20,24,27,29H2,(H,78,79)/t30-,32+,37-,38-,50-,51-,52-,53-,54?,58-,59-,60+,61+,62-/m1/s1. The van der Waals surface area contributed by atoms with Gasteiger partial charge in [0.25, 0.3) is 11.4 Å². The van der Waals surface area contributed by atoms with Crippen LogP contribution in [0.3, 0.4) is 0 Å². The van der Waals surface area contributed by atoms with Crippen molar-refractivity contribution in [2.45, 2.75) is 147 Å². The fourth-order valence-corrected chi connectivity index (χ4v) is 15.0. The second-order valence-corrected chi connectivity index (χ2v) is 24.4. The van der Waals surface area contributed by atoms with Gasteiger partial charge >= 0.3 is 11.9 Å². The number of carboxylic acid groups (broad SMARTS) is 1. The lowest BCUT2D eigenvalue weighted by Crippen LogP contribution is -2.84. The van der Waals surface area contributed by atoms with Crippen LogP contribution in [-0.4, -0.2) is 174 Å². The molecule has 462 valence electrons. The van der Waals surface area contributed by atoms with Crippen LogP contribution in [0.1, 0.15) is 86.1 Å². The Kier molecular flexibility index (Phi) is 14.0. The van der Waals surface area contributed by atoms with E-state index in [0.717, 1.165) is 24.1 Å². The Balaban J connectivity index is 1.11. The second kappa shape index (κ2) is 20.9. The molecule has 2 aromatic heterocycles. The summed E-state index contributed by atoms with van der Waals surface area (Å²) in [5, 5.41) is 161. The van der Waals surface area contributed by atoms with Crippen molar-refractivity contribution in [2.24, 2.45) is 17.3 Å². The number of ether oxygens (including phenoxy) is 4. The predicted molar refractivity (Wildman–Crippen MR) is 301 cm³/mol. The number of aromatic nitrogens is 1. The van der Waals surface area contributed by atoms with E-state index in [-0.39, 0.29) is 78.3 Å². The van der Waals surface area contributed by atoms with E-state index in [1.165, 1.54) is 18.2 Å². The van der Waals surface area contributed by atoms with Gasteiger partial charge in [-0.3, -0.25) is 10.1 Å². The molecule has 14 rings (SSSR count). The zero-order chi connectivity index (χ0) is 62.3. The number of carboxylic acids is 1. The molecule has 3 spiro atoms. The fourth-order valence-electron chi connectivity index (χ4n) is 15.0. The van der Waals surface area contributed by atoms with Crippen LogP contribution in [-0.2, 0) is 41.4 Å². The van der Waals surface area contributed by atoms with E-state index in [4.69, 9.17) is 23.4 Å². The third kappa shape index (κ3) is 8.34. The van der Waals surface area contributed by atoms with Crippen LogP contribution in [0.2, 0.25) is 0 Å². The summed E-state index contributed by atoms with van der Waals surface area (Å²) in [5.74, 6) is -9.30. The van der Waals surface area contributed by atoms with Gasteiger partial charge in [-0.1, -0.05) is 54.9 Å². The van der Waals surface area contributed by atoms with Crippen molar-refractivity contribution in [3.63, 3.8) is 0 Å². The molecular weight excluding hydrogens is 1150 g/mol. The number of aromatic amines is 1. The number of benzene rings is 2. The highest BCUT2D eigenvalue weighted by molar-refractivity contribution is 5.90. The van der Waals surface area contributed by atoms with Crippen molar-refractivity contribution in [1.29, 1.82) is 0 Å². The number of allylic oxidation sites excluding steroid dienone is 4. The molecule has 0 amide bonds. The second-order valence-electron chi connectivity index (χ2n) is 24.4. The first-order chi connectivity index (χ1) is 42.0. The predicted octanol–water partition coefficient (Wildman–Crippen LogP) is 0.0966. The number of carbonyl (C=O) groups excluding carboxylic acids is 2. The number of fused-ring (bicyclic) bond motifs is 9. The van der Waals surface area contributed by atoms with Crippen LogP contribution in [0, 0.1) is 40.9 Å². The summed E-state index contributed by atoms with van der Waals surface area (Å²) in [5.41, 5.74) is -12.2. The Morgan fingerprint density at radius 3 is 2.44 bits per heavy atom. The average molecular weight is 1210 g/mol. The van der Waals surface area contributed by atoms with Gasteiger partial charge in [0.2, 0.25) is 17.2 Å². The van der Waals surface area contributed by atoms with Crippen molar-refractivity contribution in [1.82, 2.24) is 15.6 Å². The van der Waals surface area contributed by atoms with Crippen LogP contribution in [0.4, 0.5) is 0 Å². The zero-order valence-electron chi connectivity index (χ0n) is 46.8. The summed E-state index contributed by atoms with van der Waals surface area (Å²) in [6.45, 7) is -1.40. The lowest BCUT2D eigenvalue weighted by Gasteiger charge is -2.62. The van der Waals surface area contributed by atoms with Gasteiger partial charge in [0.15, 0.2) is 34.7 Å². The van der Waals surface area contributed by atoms with Gasteiger partial charge in [0.05, 0.1) is 18.0 Å². The summed E-state index contributed by atoms with van der Waals surface area (Å²) in [6.07, 6.45) is -2.42. The lowest BCUT2D eigenvalue weighted by atomic mass is 9.55. The average Bonchev–Trinajstić information content (AvgIpc) is 1.19. The third-order valence-electron chi connectivity index (χ3n) is 19.5. The number of aliphatic hydroxyl groups is 9. The number of hydrogen-bond acceptors (Lipinski definition) is 23. The van der Waals surface area contributed by atoms with Crippen LogP contribution in [0.25, 0.3) is 22.3 Å². The van der Waals surface area contributed by atoms with Gasteiger partial charge in [-0.2, -0.15) is 0 Å². The molecule has 88 heavy (non-hydrogen) atoms. The number of phenols is 3. The Morgan fingerprint density at radius 2 is 1.70 bits per heavy atom. The zero-order valence-corrected chi connectivity index (χ0v) is 46.8. The molecule has 7 aliphatic heterocycles. The minimum Gasteiger partial charge on any atom is -0.507 e. The summed E-state index contributed by atoms with van der Waals surface area (Å²) >= 11 is 0. The van der Waals surface area contributed by atoms with Crippen LogP contribution >= 0.6 is 0 Å². The fraction of sp³-hybridized carbons (Fsp3) is 0.460. The summed E-state index contributed by atoms with van der Waals surface area (Å²) in [6, 6.07) is 6.32. The number of aliphatic carboxylic acids is 1. The molecule has 25 heteroatoms. The SMILES string of the molecule is O=CC[C@@H](CO)C[C@]12OC(=O)[C@@]3(CC#C[C@](C(=O)O)(O1)C(O)(O)[C@H](O)[C@H]2O)O[C@@]12Oc4cc5oc(-c6cc(O)c(O)c(CCO)c6)cc(=O)c5c(O)c4[C@@H](C4=CNC5N[C@@H]6C=CC[C@@H](C6)C5=C4)C=C1Cc1[nH]ccc1C#CC1(CCCC1)[C@]3(O)[C@H](O)[C@H]2O. The Morgan fingerprint density at radius 1 is 0.920 bits per heavy atom. The number of aldehydes is 1. The van der Waals surface area contributed by atoms with Gasteiger partial charge < -0.3 is 105 Å². The van der Waals surface area contributed by atoms with E-state index in [1.54, 1.807) is 18.5 Å². The summed E-state index contributed by atoms with van der Waals surface area (Å²) in [4.78, 5) is 60.2. The van der Waals surface area contributed by atoms with E-state index in [0.29, 0.717) is 29.5 Å². The summed E-state index contributed by atoms with van der Waals surface area (Å²) in [7, 11) is 0. The number of piperidine rings is 1. The highest BCUT2D eigenvalue weighted by Crippen LogP contribution is 2.63. The quantitative estimate of drug-likeness (QED) is 0.0250. The number of dihydropyridines is 1. The van der Waals surface area contributed by atoms with E-state index in [9.17, 15) is 80.8 Å². The van der Waals surface area contributed by atoms with Gasteiger partial charge in [-0.15, -0.1) is 0 Å². The first-order valence-corrected chi connectivity index (χ1v) is 29.0. The smallest absolute Gasteiger partial charge is 0.354 e. The van der Waals surface area contributed by atoms with Crippen molar-refractivity contribution >= 4 is 29.2 Å². The molecule has 6 bridgehead atoms. The molecule has 3 saturated heterocycles. The molecule has 14 atom stereocenters. The number of nitrogens with one attached hydrogen (secondary N) is 3. The number of aliphatic hydroxyl groups excluding tert-OH is 6. The lowest BCUT2D eigenvalue weighted by molar-refractivity contribution is -0.435. The summed E-state index contributed by atoms with van der Waals surface area (Å²) < 4.78 is 33.0. The van der Waals surface area contributed by atoms with Gasteiger partial charge in [-0.25, -0.2) is 9.59 Å². The van der Waals surface area contributed by atoms with E-state index >= 15 is 4.79 Å². The molecule has 1 saturated carbocycles. The minimum absolute atomic E-state index is 0.0115. The molecule has 25 nitrogen and oxygen atoms in total. The van der Waals surface area contributed by atoms with Crippen molar-refractivity contribution in [2.75, 3.05) is 13.2 Å². The highest BCUT2D eigenvalue weighted by Gasteiger charge is 2.82. The van der Waals surface area contributed by atoms with Crippen LogP contribution < -0.4 is 20.8 Å². The Labute approximate surface area is 499 Å². The van der Waals surface area contributed by atoms with Crippen LogP contribution in [0.15, 0.2) is 93.0 Å². The first kappa shape index (κ1) is 59.1. The monoisotopic (exact) mass is 1210 g/mol. The molecule has 0 radical (unpaired) electrons. The number of rotatable bonds is 10. The largest absolute Gasteiger partial charge is 0.507 e. The van der Waals surface area contributed by atoms with Gasteiger partial charge in [0.1, 0.15) is 46.7 Å². The maximum Gasteiger partial charge on any atom is 0.354 e. The van der Waals surface area contributed by atoms with Crippen LogP contribution in [0.5, 0.6) is 23.0 Å². The first-order valence-electron chi connectivity index (χ1n) is 29.0.